The van der Waals surface area contributed by atoms with Gasteiger partial charge in [0, 0.05) is 24.4 Å². The molecular formula is C9H11FN2O6P2. The molecule has 0 unspecified atom stereocenters. The second-order valence-corrected chi connectivity index (χ2v) is 8.14. The average Bonchev–Trinajstić information content (AvgIpc) is 2.70. The third-order valence-electron chi connectivity index (χ3n) is 2.82. The zero-order valence-electron chi connectivity index (χ0n) is 9.84. The van der Waals surface area contributed by atoms with Gasteiger partial charge in [0.15, 0.2) is 0 Å². The summed E-state index contributed by atoms with van der Waals surface area (Å²) in [6.07, 6.45) is 1.42. The van der Waals surface area contributed by atoms with Crippen LogP contribution in [0.1, 0.15) is 5.56 Å². The van der Waals surface area contributed by atoms with E-state index >= 15 is 0 Å². The highest BCUT2D eigenvalue weighted by molar-refractivity contribution is 7.72. The van der Waals surface area contributed by atoms with Gasteiger partial charge in [-0.3, -0.25) is 14.1 Å². The molecule has 0 fully saturated rings. The van der Waals surface area contributed by atoms with Crippen molar-refractivity contribution in [3.63, 3.8) is 0 Å². The van der Waals surface area contributed by atoms with Crippen LogP contribution in [0.4, 0.5) is 4.39 Å². The number of H-pyrrole nitrogens is 1. The van der Waals surface area contributed by atoms with E-state index in [0.717, 1.165) is 0 Å². The van der Waals surface area contributed by atoms with Crippen molar-refractivity contribution in [1.29, 1.82) is 0 Å². The van der Waals surface area contributed by atoms with Gasteiger partial charge in [-0.2, -0.15) is 0 Å². The van der Waals surface area contributed by atoms with Crippen LogP contribution < -0.4 is 0 Å². The van der Waals surface area contributed by atoms with Crippen LogP contribution in [0.25, 0.3) is 11.0 Å². The molecule has 11 heteroatoms. The fourth-order valence-corrected chi connectivity index (χ4v) is 3.87. The minimum Gasteiger partial charge on any atom is -0.360 e. The van der Waals surface area contributed by atoms with Crippen molar-refractivity contribution in [2.75, 3.05) is 0 Å². The quantitative estimate of drug-likeness (QED) is 0.529. The highest BCUT2D eigenvalue weighted by Gasteiger charge is 2.61. The normalized spacial score (nSPS) is 13.8. The number of hydrogen-bond donors (Lipinski definition) is 5. The predicted molar refractivity (Wildman–Crippen MR) is 67.7 cm³/mol. The molecule has 8 nitrogen and oxygen atoms in total. The van der Waals surface area contributed by atoms with E-state index in [1.54, 1.807) is 12.1 Å². The van der Waals surface area contributed by atoms with Gasteiger partial charge in [0.1, 0.15) is 0 Å². The van der Waals surface area contributed by atoms with Crippen LogP contribution in [-0.2, 0) is 15.6 Å². The van der Waals surface area contributed by atoms with Crippen LogP contribution >= 0.6 is 15.2 Å². The van der Waals surface area contributed by atoms with Gasteiger partial charge in [-0.25, -0.2) is 4.39 Å². The van der Waals surface area contributed by atoms with Crippen LogP contribution in [0, 0.1) is 0 Å². The molecule has 0 aromatic carbocycles. The zero-order valence-corrected chi connectivity index (χ0v) is 11.6. The lowest BCUT2D eigenvalue weighted by Gasteiger charge is -2.26. The summed E-state index contributed by atoms with van der Waals surface area (Å²) >= 11 is 0. The summed E-state index contributed by atoms with van der Waals surface area (Å²) in [5.74, 6) is 0. The third-order valence-corrected chi connectivity index (χ3v) is 6.49. The van der Waals surface area contributed by atoms with Crippen molar-refractivity contribution < 1.29 is 33.1 Å². The highest BCUT2D eigenvalue weighted by Crippen LogP contribution is 2.71. The van der Waals surface area contributed by atoms with E-state index in [9.17, 15) is 13.5 Å². The van der Waals surface area contributed by atoms with Gasteiger partial charge >= 0.3 is 20.3 Å². The summed E-state index contributed by atoms with van der Waals surface area (Å²) in [6.45, 7) is 0. The van der Waals surface area contributed by atoms with E-state index in [4.69, 9.17) is 19.6 Å². The van der Waals surface area contributed by atoms with Crippen molar-refractivity contribution in [2.45, 2.75) is 11.6 Å². The summed E-state index contributed by atoms with van der Waals surface area (Å²) in [5.41, 5.74) is 0.618. The Bertz CT molecular complexity index is 713. The molecule has 0 aliphatic rings. The number of rotatable bonds is 4. The summed E-state index contributed by atoms with van der Waals surface area (Å²) in [4.78, 5) is 42.4. The Morgan fingerprint density at radius 3 is 2.40 bits per heavy atom. The smallest absolute Gasteiger partial charge is 0.360 e. The zero-order chi connectivity index (χ0) is 15.2. The topological polar surface area (TPSA) is 144 Å². The lowest BCUT2D eigenvalue weighted by Crippen LogP contribution is -2.26. The number of alkyl halides is 1. The number of nitrogens with zero attached hydrogens (tertiary/aromatic N) is 1. The van der Waals surface area contributed by atoms with E-state index < -0.39 is 26.8 Å². The summed E-state index contributed by atoms with van der Waals surface area (Å²) in [6, 6.07) is 3.16. The van der Waals surface area contributed by atoms with Crippen LogP contribution in [-0.4, -0.2) is 34.7 Å². The van der Waals surface area contributed by atoms with Crippen molar-refractivity contribution in [3.05, 3.63) is 30.1 Å². The Kier molecular flexibility index (Phi) is 3.62. The van der Waals surface area contributed by atoms with Gasteiger partial charge in [0.05, 0.1) is 11.0 Å². The minimum absolute atomic E-state index is 0.0326. The number of aromatic nitrogens is 2. The molecule has 0 atom stereocenters. The summed E-state index contributed by atoms with van der Waals surface area (Å²) in [7, 11) is -11.4. The summed E-state index contributed by atoms with van der Waals surface area (Å²) < 4.78 is 36.6. The number of hydrogen-bond acceptors (Lipinski definition) is 3. The molecule has 2 aromatic rings. The molecule has 0 spiro atoms. The maximum Gasteiger partial charge on any atom is 0.375 e. The minimum atomic E-state index is -5.70. The molecule has 20 heavy (non-hydrogen) atoms. The number of pyridine rings is 1. The second kappa shape index (κ2) is 4.73. The molecule has 0 bridgehead atoms. The number of halogens is 1. The molecule has 0 aliphatic heterocycles. The molecule has 2 rings (SSSR count). The first-order valence-corrected chi connectivity index (χ1v) is 8.50. The van der Waals surface area contributed by atoms with Crippen molar-refractivity contribution in [1.82, 2.24) is 9.97 Å². The molecule has 5 N–H and O–H groups in total. The average molecular weight is 324 g/mol. The molecule has 0 amide bonds. The van der Waals surface area contributed by atoms with Gasteiger partial charge in [-0.05, 0) is 12.1 Å². The Morgan fingerprint density at radius 1 is 1.25 bits per heavy atom. The molecule has 2 heterocycles. The molecule has 110 valence electrons. The van der Waals surface area contributed by atoms with Crippen LogP contribution in [0.15, 0.2) is 24.5 Å². The first kappa shape index (κ1) is 15.3. The molecule has 2 aromatic heterocycles. The van der Waals surface area contributed by atoms with Crippen molar-refractivity contribution in [2.24, 2.45) is 0 Å². The van der Waals surface area contributed by atoms with Crippen molar-refractivity contribution in [3.8, 4) is 0 Å². The SMILES string of the molecule is O=P(O)(O)C(F)(Cc1c[nH]c2cccnc12)P(=O)(O)O. The Labute approximate surface area is 112 Å². The molecular weight excluding hydrogens is 313 g/mol. The van der Waals surface area contributed by atoms with Crippen LogP contribution in [0.5, 0.6) is 0 Å². The van der Waals surface area contributed by atoms with Gasteiger partial charge in [0.25, 0.3) is 0 Å². The summed E-state index contributed by atoms with van der Waals surface area (Å²) in [5, 5.41) is -3.98. The maximum atomic E-state index is 14.3. The second-order valence-electron chi connectivity index (χ2n) is 4.20. The Hall–Kier alpha value is -1.08. The van der Waals surface area contributed by atoms with Crippen LogP contribution in [0.2, 0.25) is 0 Å². The Morgan fingerprint density at radius 2 is 1.85 bits per heavy atom. The van der Waals surface area contributed by atoms with Gasteiger partial charge < -0.3 is 24.6 Å². The van der Waals surface area contributed by atoms with Gasteiger partial charge in [-0.1, -0.05) is 0 Å². The molecule has 0 aliphatic carbocycles. The van der Waals surface area contributed by atoms with Crippen molar-refractivity contribution >= 4 is 26.2 Å². The number of nitrogens with one attached hydrogen (secondary N) is 1. The Balaban J connectivity index is 2.55. The van der Waals surface area contributed by atoms with Crippen LogP contribution in [0.3, 0.4) is 0 Å². The fraction of sp³-hybridized carbons (Fsp3) is 0.222. The largest absolute Gasteiger partial charge is 0.375 e. The first-order valence-electron chi connectivity index (χ1n) is 5.27. The van der Waals surface area contributed by atoms with E-state index in [0.29, 0.717) is 5.52 Å². The predicted octanol–water partition coefficient (Wildman–Crippen LogP) is 1.08. The van der Waals surface area contributed by atoms with Gasteiger partial charge in [0.2, 0.25) is 0 Å². The molecule has 0 saturated heterocycles. The van der Waals surface area contributed by atoms with E-state index in [1.165, 1.54) is 12.4 Å². The molecule has 0 saturated carbocycles. The lowest BCUT2D eigenvalue weighted by molar-refractivity contribution is 0.222. The van der Waals surface area contributed by atoms with E-state index in [1.807, 2.05) is 0 Å². The van der Waals surface area contributed by atoms with E-state index in [-0.39, 0.29) is 11.1 Å². The highest BCUT2D eigenvalue weighted by atomic mass is 31.2. The number of fused-ring (bicyclic) bond motifs is 1. The van der Waals surface area contributed by atoms with E-state index in [2.05, 4.69) is 9.97 Å². The standard InChI is InChI=1S/C9H11FN2O6P2/c10-9(19(13,14)15,20(16,17)18)4-6-5-12-7-2-1-3-11-8(6)7/h1-3,5,12H,4H2,(H2,13,14,15)(H2,16,17,18). The number of aromatic amines is 1. The maximum absolute atomic E-state index is 14.3. The monoisotopic (exact) mass is 324 g/mol. The van der Waals surface area contributed by atoms with Gasteiger partial charge in [-0.15, -0.1) is 0 Å². The molecule has 0 radical (unpaired) electrons. The fourth-order valence-electron chi connectivity index (χ4n) is 1.76. The third kappa shape index (κ3) is 2.44. The lowest BCUT2D eigenvalue weighted by atomic mass is 10.2. The first-order chi connectivity index (χ1) is 9.06.